The molecule has 0 saturated heterocycles. The Morgan fingerprint density at radius 2 is 2.07 bits per heavy atom. The fraction of sp³-hybridized carbons (Fsp3) is 0.0769. The van der Waals surface area contributed by atoms with Gasteiger partial charge in [0.25, 0.3) is 0 Å². The summed E-state index contributed by atoms with van der Waals surface area (Å²) >= 11 is 0. The zero-order valence-corrected chi connectivity index (χ0v) is 8.88. The molecular weight excluding hydrogens is 184 g/mol. The highest BCUT2D eigenvalue weighted by atomic mass is 14.7. The molecule has 0 aliphatic carbocycles. The van der Waals surface area contributed by atoms with Crippen LogP contribution in [-0.4, -0.2) is 12.9 Å². The molecule has 1 rings (SSSR count). The summed E-state index contributed by atoms with van der Waals surface area (Å²) in [4.78, 5) is 3.92. The van der Waals surface area contributed by atoms with E-state index in [0.717, 1.165) is 22.4 Å². The zero-order chi connectivity index (χ0) is 11.4. The Balaban J connectivity index is 3.33. The molecular formula is C13H14N2. The highest BCUT2D eigenvalue weighted by Gasteiger charge is 2.04. The van der Waals surface area contributed by atoms with Crippen LogP contribution in [0.4, 0.5) is 5.69 Å². The van der Waals surface area contributed by atoms with E-state index in [1.165, 1.54) is 6.21 Å². The lowest BCUT2D eigenvalue weighted by Gasteiger charge is -2.07. The number of nitrogens with zero attached hydrogens (tertiary/aromatic N) is 1. The van der Waals surface area contributed by atoms with Gasteiger partial charge in [-0.25, -0.2) is 0 Å². The van der Waals surface area contributed by atoms with Gasteiger partial charge in [-0.05, 0) is 42.5 Å². The van der Waals surface area contributed by atoms with Crippen LogP contribution < -0.4 is 0 Å². The molecule has 0 unspecified atom stereocenters. The molecule has 15 heavy (non-hydrogen) atoms. The highest BCUT2D eigenvalue weighted by Crippen LogP contribution is 2.27. The monoisotopic (exact) mass is 198 g/mol. The minimum absolute atomic E-state index is 0.674. The standard InChI is InChI=1S/C13H14N2/c1-9(2)12-7-11(10(3)8-14)5-6-13(12)15-4/h5-8,14H,1,3-4H2,2H3. The first-order valence-electron chi connectivity index (χ1n) is 4.56. The van der Waals surface area contributed by atoms with Crippen LogP contribution in [0.2, 0.25) is 0 Å². The Kier molecular flexibility index (Phi) is 3.34. The van der Waals surface area contributed by atoms with Gasteiger partial charge in [0.15, 0.2) is 0 Å². The molecule has 0 saturated carbocycles. The van der Waals surface area contributed by atoms with E-state index in [-0.39, 0.29) is 0 Å². The lowest BCUT2D eigenvalue weighted by molar-refractivity contribution is 1.47. The van der Waals surface area contributed by atoms with Crippen LogP contribution in [0.25, 0.3) is 11.1 Å². The molecule has 2 nitrogen and oxygen atoms in total. The van der Waals surface area contributed by atoms with Gasteiger partial charge in [-0.1, -0.05) is 19.2 Å². The van der Waals surface area contributed by atoms with Crippen molar-refractivity contribution in [2.24, 2.45) is 4.99 Å². The van der Waals surface area contributed by atoms with Crippen LogP contribution in [0, 0.1) is 5.41 Å². The summed E-state index contributed by atoms with van der Waals surface area (Å²) in [6.07, 6.45) is 1.23. The molecule has 1 aromatic carbocycles. The van der Waals surface area contributed by atoms with Crippen molar-refractivity contribution in [2.45, 2.75) is 6.92 Å². The van der Waals surface area contributed by atoms with Crippen LogP contribution in [0.1, 0.15) is 18.1 Å². The summed E-state index contributed by atoms with van der Waals surface area (Å²) in [6, 6.07) is 5.67. The average Bonchev–Trinajstić information content (AvgIpc) is 2.27. The number of aliphatic imine (C=N–C) groups is 1. The van der Waals surface area contributed by atoms with E-state index in [9.17, 15) is 0 Å². The molecule has 1 N–H and O–H groups in total. The fourth-order valence-electron chi connectivity index (χ4n) is 1.30. The molecule has 76 valence electrons. The Morgan fingerprint density at radius 3 is 2.53 bits per heavy atom. The lowest BCUT2D eigenvalue weighted by atomic mass is 10.00. The quantitative estimate of drug-likeness (QED) is 0.716. The summed E-state index contributed by atoms with van der Waals surface area (Å²) < 4.78 is 0. The predicted octanol–water partition coefficient (Wildman–Crippen LogP) is 3.71. The maximum absolute atomic E-state index is 7.14. The van der Waals surface area contributed by atoms with Crippen LogP contribution in [0.15, 0.2) is 36.3 Å². The summed E-state index contributed by atoms with van der Waals surface area (Å²) in [6.45, 7) is 13.1. The van der Waals surface area contributed by atoms with Crippen LogP contribution >= 0.6 is 0 Å². The molecule has 0 atom stereocenters. The van der Waals surface area contributed by atoms with Gasteiger partial charge in [-0.3, -0.25) is 4.99 Å². The Labute approximate surface area is 90.2 Å². The summed E-state index contributed by atoms with van der Waals surface area (Å²) in [5.74, 6) is 0. The molecule has 0 spiro atoms. The van der Waals surface area contributed by atoms with E-state index in [2.05, 4.69) is 24.9 Å². The molecule has 0 amide bonds. The van der Waals surface area contributed by atoms with Crippen molar-refractivity contribution >= 4 is 29.8 Å². The smallest absolute Gasteiger partial charge is 0.0697 e. The van der Waals surface area contributed by atoms with Gasteiger partial charge in [-0.2, -0.15) is 0 Å². The van der Waals surface area contributed by atoms with Crippen molar-refractivity contribution in [1.82, 2.24) is 0 Å². The molecule has 0 aromatic heterocycles. The molecule has 0 heterocycles. The molecule has 0 fully saturated rings. The number of allylic oxidation sites excluding steroid dienone is 2. The van der Waals surface area contributed by atoms with Crippen LogP contribution in [-0.2, 0) is 0 Å². The zero-order valence-electron chi connectivity index (χ0n) is 8.88. The van der Waals surface area contributed by atoms with E-state index in [4.69, 9.17) is 5.41 Å². The predicted molar refractivity (Wildman–Crippen MR) is 68.2 cm³/mol. The molecule has 0 radical (unpaired) electrons. The van der Waals surface area contributed by atoms with E-state index < -0.39 is 0 Å². The Morgan fingerprint density at radius 1 is 1.40 bits per heavy atom. The lowest BCUT2D eigenvalue weighted by Crippen LogP contribution is -1.87. The van der Waals surface area contributed by atoms with Gasteiger partial charge in [-0.15, -0.1) is 0 Å². The largest absolute Gasteiger partial charge is 0.308 e. The minimum atomic E-state index is 0.674. The topological polar surface area (TPSA) is 36.2 Å². The average molecular weight is 198 g/mol. The van der Waals surface area contributed by atoms with Crippen molar-refractivity contribution in [3.8, 4) is 0 Å². The number of nitrogens with one attached hydrogen (secondary N) is 1. The van der Waals surface area contributed by atoms with Crippen LogP contribution in [0.3, 0.4) is 0 Å². The van der Waals surface area contributed by atoms with Crippen molar-refractivity contribution in [1.29, 1.82) is 5.41 Å². The maximum Gasteiger partial charge on any atom is 0.0697 e. The van der Waals surface area contributed by atoms with E-state index in [1.54, 1.807) is 0 Å². The third-order valence-corrected chi connectivity index (χ3v) is 2.17. The van der Waals surface area contributed by atoms with Gasteiger partial charge >= 0.3 is 0 Å². The Hall–Kier alpha value is -1.96. The minimum Gasteiger partial charge on any atom is -0.308 e. The molecule has 1 aromatic rings. The van der Waals surface area contributed by atoms with Gasteiger partial charge in [0.1, 0.15) is 0 Å². The van der Waals surface area contributed by atoms with Crippen molar-refractivity contribution < 1.29 is 0 Å². The summed E-state index contributed by atoms with van der Waals surface area (Å²) in [7, 11) is 0. The summed E-state index contributed by atoms with van der Waals surface area (Å²) in [5.41, 5.74) is 4.27. The maximum atomic E-state index is 7.14. The van der Waals surface area contributed by atoms with Gasteiger partial charge in [0.2, 0.25) is 0 Å². The second kappa shape index (κ2) is 4.51. The van der Waals surface area contributed by atoms with Gasteiger partial charge < -0.3 is 5.41 Å². The number of hydrogen-bond donors (Lipinski definition) is 1. The number of rotatable bonds is 4. The van der Waals surface area contributed by atoms with E-state index in [1.807, 2.05) is 25.1 Å². The molecule has 0 aliphatic heterocycles. The van der Waals surface area contributed by atoms with Gasteiger partial charge in [0, 0.05) is 11.8 Å². The Bertz CT molecular complexity index is 442. The van der Waals surface area contributed by atoms with Crippen LogP contribution in [0.5, 0.6) is 0 Å². The molecule has 0 bridgehead atoms. The van der Waals surface area contributed by atoms with E-state index >= 15 is 0 Å². The fourth-order valence-corrected chi connectivity index (χ4v) is 1.30. The normalized spacial score (nSPS) is 9.40. The summed E-state index contributed by atoms with van der Waals surface area (Å²) in [5, 5.41) is 7.14. The third kappa shape index (κ3) is 2.29. The first-order valence-corrected chi connectivity index (χ1v) is 4.56. The third-order valence-electron chi connectivity index (χ3n) is 2.17. The molecule has 2 heteroatoms. The van der Waals surface area contributed by atoms with Crippen molar-refractivity contribution in [2.75, 3.05) is 0 Å². The second-order valence-corrected chi connectivity index (χ2v) is 3.34. The number of hydrogen-bond acceptors (Lipinski definition) is 2. The van der Waals surface area contributed by atoms with Gasteiger partial charge in [0.05, 0.1) is 5.69 Å². The first-order chi connectivity index (χ1) is 7.10. The SMILES string of the molecule is C=Nc1ccc(C(=C)C=N)cc1C(=C)C. The van der Waals surface area contributed by atoms with Crippen molar-refractivity contribution in [3.63, 3.8) is 0 Å². The highest BCUT2D eigenvalue weighted by molar-refractivity contribution is 6.07. The second-order valence-electron chi connectivity index (χ2n) is 3.34. The number of benzene rings is 1. The molecule has 0 aliphatic rings. The first kappa shape index (κ1) is 11.1. The van der Waals surface area contributed by atoms with Crippen molar-refractivity contribution in [3.05, 3.63) is 42.5 Å². The van der Waals surface area contributed by atoms with E-state index in [0.29, 0.717) is 5.57 Å².